The standard InChI is InChI=1S/C27H38F2/c1-2-3-19-4-6-20(7-5-19)21-8-10-22(11-9-21)23-12-14-24(15-13-23)25-16-17-26(28)27(29)18-25/h2,16-24H,1,3-15H2. The van der Waals surface area contributed by atoms with Crippen LogP contribution in [0, 0.1) is 41.2 Å². The smallest absolute Gasteiger partial charge is 0.159 e. The van der Waals surface area contributed by atoms with Crippen molar-refractivity contribution in [3.8, 4) is 0 Å². The highest BCUT2D eigenvalue weighted by Gasteiger charge is 2.34. The van der Waals surface area contributed by atoms with Crippen LogP contribution in [0.15, 0.2) is 30.9 Å². The van der Waals surface area contributed by atoms with Gasteiger partial charge in [-0.05, 0) is 137 Å². The number of hydrogen-bond donors (Lipinski definition) is 0. The number of halogens is 2. The Labute approximate surface area is 176 Å². The predicted molar refractivity (Wildman–Crippen MR) is 117 cm³/mol. The second-order valence-electron chi connectivity index (χ2n) is 10.3. The van der Waals surface area contributed by atoms with Gasteiger partial charge in [0.25, 0.3) is 0 Å². The molecule has 0 N–H and O–H groups in total. The van der Waals surface area contributed by atoms with Crippen LogP contribution in [0.3, 0.4) is 0 Å². The van der Waals surface area contributed by atoms with Gasteiger partial charge < -0.3 is 0 Å². The monoisotopic (exact) mass is 400 g/mol. The maximum absolute atomic E-state index is 13.6. The van der Waals surface area contributed by atoms with Crippen molar-refractivity contribution >= 4 is 0 Å². The van der Waals surface area contributed by atoms with Crippen LogP contribution in [-0.2, 0) is 0 Å². The first-order valence-corrected chi connectivity index (χ1v) is 12.2. The second-order valence-corrected chi connectivity index (χ2v) is 10.3. The van der Waals surface area contributed by atoms with Crippen molar-refractivity contribution in [1.29, 1.82) is 0 Å². The molecule has 0 aromatic heterocycles. The molecule has 2 heteroatoms. The first-order chi connectivity index (χ1) is 14.1. The summed E-state index contributed by atoms with van der Waals surface area (Å²) < 4.78 is 26.8. The van der Waals surface area contributed by atoms with Gasteiger partial charge in [0, 0.05) is 0 Å². The Morgan fingerprint density at radius 3 is 1.66 bits per heavy atom. The molecule has 3 fully saturated rings. The molecule has 0 nitrogen and oxygen atoms in total. The van der Waals surface area contributed by atoms with E-state index in [1.165, 1.54) is 82.8 Å². The van der Waals surface area contributed by atoms with Crippen molar-refractivity contribution in [3.05, 3.63) is 48.1 Å². The Morgan fingerprint density at radius 2 is 1.17 bits per heavy atom. The Bertz CT molecular complexity index is 657. The lowest BCUT2D eigenvalue weighted by Crippen LogP contribution is -2.29. The Morgan fingerprint density at radius 1 is 0.690 bits per heavy atom. The van der Waals surface area contributed by atoms with Gasteiger partial charge in [-0.3, -0.25) is 0 Å². The van der Waals surface area contributed by atoms with Crippen LogP contribution in [-0.4, -0.2) is 0 Å². The van der Waals surface area contributed by atoms with E-state index in [0.717, 1.165) is 48.0 Å². The molecule has 3 aliphatic rings. The molecule has 0 aliphatic heterocycles. The fraction of sp³-hybridized carbons (Fsp3) is 0.704. The van der Waals surface area contributed by atoms with Crippen molar-refractivity contribution in [1.82, 2.24) is 0 Å². The van der Waals surface area contributed by atoms with E-state index < -0.39 is 11.6 Å². The molecule has 3 saturated carbocycles. The van der Waals surface area contributed by atoms with Crippen LogP contribution in [0.2, 0.25) is 0 Å². The van der Waals surface area contributed by atoms with E-state index in [0.29, 0.717) is 5.92 Å². The summed E-state index contributed by atoms with van der Waals surface area (Å²) in [4.78, 5) is 0. The van der Waals surface area contributed by atoms with Gasteiger partial charge in [-0.1, -0.05) is 12.1 Å². The van der Waals surface area contributed by atoms with Gasteiger partial charge in [0.15, 0.2) is 11.6 Å². The van der Waals surface area contributed by atoms with Crippen LogP contribution >= 0.6 is 0 Å². The molecule has 0 radical (unpaired) electrons. The van der Waals surface area contributed by atoms with E-state index in [4.69, 9.17) is 0 Å². The van der Waals surface area contributed by atoms with Crippen molar-refractivity contribution in [3.63, 3.8) is 0 Å². The first kappa shape index (κ1) is 21.1. The molecule has 0 spiro atoms. The lowest BCUT2D eigenvalue weighted by molar-refractivity contribution is 0.110. The molecule has 29 heavy (non-hydrogen) atoms. The van der Waals surface area contributed by atoms with Crippen LogP contribution in [0.4, 0.5) is 8.78 Å². The summed E-state index contributed by atoms with van der Waals surface area (Å²) in [6, 6.07) is 4.51. The minimum atomic E-state index is -0.728. The van der Waals surface area contributed by atoms with Gasteiger partial charge in [0.1, 0.15) is 0 Å². The molecule has 1 aromatic carbocycles. The Kier molecular flexibility index (Phi) is 7.08. The van der Waals surface area contributed by atoms with Crippen molar-refractivity contribution in [2.45, 2.75) is 89.4 Å². The molecular weight excluding hydrogens is 362 g/mol. The molecule has 0 heterocycles. The largest absolute Gasteiger partial charge is 0.204 e. The average Bonchev–Trinajstić information content (AvgIpc) is 2.77. The highest BCUT2D eigenvalue weighted by molar-refractivity contribution is 5.22. The summed E-state index contributed by atoms with van der Waals surface area (Å²) in [5.74, 6) is 3.65. The molecule has 0 bridgehead atoms. The third kappa shape index (κ3) is 5.12. The van der Waals surface area contributed by atoms with Gasteiger partial charge >= 0.3 is 0 Å². The molecule has 4 rings (SSSR count). The number of allylic oxidation sites excluding steroid dienone is 1. The number of benzene rings is 1. The maximum atomic E-state index is 13.6. The average molecular weight is 401 g/mol. The highest BCUT2D eigenvalue weighted by atomic mass is 19.2. The predicted octanol–water partition coefficient (Wildman–Crippen LogP) is 8.43. The molecule has 0 unspecified atom stereocenters. The Hall–Kier alpha value is -1.18. The van der Waals surface area contributed by atoms with E-state index in [9.17, 15) is 8.78 Å². The third-order valence-electron chi connectivity index (χ3n) is 8.73. The molecule has 0 saturated heterocycles. The quantitative estimate of drug-likeness (QED) is 0.435. The van der Waals surface area contributed by atoms with Crippen LogP contribution in [0.25, 0.3) is 0 Å². The Balaban J connectivity index is 1.21. The van der Waals surface area contributed by atoms with Crippen molar-refractivity contribution in [2.75, 3.05) is 0 Å². The fourth-order valence-corrected chi connectivity index (χ4v) is 6.91. The van der Waals surface area contributed by atoms with E-state index >= 15 is 0 Å². The third-order valence-corrected chi connectivity index (χ3v) is 8.73. The summed E-state index contributed by atoms with van der Waals surface area (Å²) >= 11 is 0. The lowest BCUT2D eigenvalue weighted by atomic mass is 9.64. The zero-order valence-electron chi connectivity index (χ0n) is 17.9. The molecule has 0 amide bonds. The summed E-state index contributed by atoms with van der Waals surface area (Å²) in [5, 5.41) is 0. The zero-order valence-corrected chi connectivity index (χ0v) is 17.9. The van der Waals surface area contributed by atoms with E-state index in [2.05, 4.69) is 12.7 Å². The normalized spacial score (nSPS) is 35.9. The van der Waals surface area contributed by atoms with E-state index in [-0.39, 0.29) is 0 Å². The van der Waals surface area contributed by atoms with Crippen molar-refractivity contribution < 1.29 is 8.78 Å². The van der Waals surface area contributed by atoms with Gasteiger partial charge in [-0.15, -0.1) is 6.58 Å². The van der Waals surface area contributed by atoms with Gasteiger partial charge in [0.2, 0.25) is 0 Å². The molecule has 1 aromatic rings. The summed E-state index contributed by atoms with van der Waals surface area (Å²) in [6.07, 6.45) is 19.6. The highest BCUT2D eigenvalue weighted by Crippen LogP contribution is 2.47. The summed E-state index contributed by atoms with van der Waals surface area (Å²) in [7, 11) is 0. The van der Waals surface area contributed by atoms with E-state index in [1.54, 1.807) is 6.07 Å². The lowest BCUT2D eigenvalue weighted by Gasteiger charge is -2.41. The van der Waals surface area contributed by atoms with Crippen molar-refractivity contribution in [2.24, 2.45) is 29.6 Å². The molecule has 160 valence electrons. The summed E-state index contributed by atoms with van der Waals surface area (Å²) in [5.41, 5.74) is 0.998. The minimum Gasteiger partial charge on any atom is -0.204 e. The first-order valence-electron chi connectivity index (χ1n) is 12.2. The van der Waals surface area contributed by atoms with Crippen LogP contribution < -0.4 is 0 Å². The zero-order chi connectivity index (χ0) is 20.2. The minimum absolute atomic E-state index is 0.420. The second kappa shape index (κ2) is 9.75. The summed E-state index contributed by atoms with van der Waals surface area (Å²) in [6.45, 7) is 3.91. The van der Waals surface area contributed by atoms with Gasteiger partial charge in [0.05, 0.1) is 0 Å². The number of hydrogen-bond acceptors (Lipinski definition) is 0. The molecular formula is C27H38F2. The number of rotatable bonds is 5. The SMILES string of the molecule is C=CCC1CCC(C2CCC(C3CCC(c4ccc(F)c(F)c4)CC3)CC2)CC1. The van der Waals surface area contributed by atoms with Crippen LogP contribution in [0.1, 0.15) is 95.0 Å². The topological polar surface area (TPSA) is 0 Å². The van der Waals surface area contributed by atoms with Crippen LogP contribution in [0.5, 0.6) is 0 Å². The van der Waals surface area contributed by atoms with E-state index in [1.807, 2.05) is 0 Å². The molecule has 3 aliphatic carbocycles. The fourth-order valence-electron chi connectivity index (χ4n) is 6.91. The van der Waals surface area contributed by atoms with Gasteiger partial charge in [-0.2, -0.15) is 0 Å². The molecule has 0 atom stereocenters. The van der Waals surface area contributed by atoms with Gasteiger partial charge in [-0.25, -0.2) is 8.78 Å². The maximum Gasteiger partial charge on any atom is 0.159 e.